The van der Waals surface area contributed by atoms with Gasteiger partial charge < -0.3 is 5.73 Å². The molecule has 0 saturated heterocycles. The zero-order valence-electron chi connectivity index (χ0n) is 29.7. The summed E-state index contributed by atoms with van der Waals surface area (Å²) in [6, 6.07) is 0. The van der Waals surface area contributed by atoms with Crippen LogP contribution in [0, 0.1) is 0 Å². The van der Waals surface area contributed by atoms with Crippen molar-refractivity contribution in [2.45, 2.75) is 206 Å². The molecule has 0 rings (SSSR count). The van der Waals surface area contributed by atoms with Crippen LogP contribution in [0.2, 0.25) is 0 Å². The van der Waals surface area contributed by atoms with Crippen molar-refractivity contribution in [2.24, 2.45) is 5.73 Å². The molecule has 0 heterocycles. The largest absolute Gasteiger partial charge is 0.330 e. The Morgan fingerprint density at radius 2 is 0.705 bits per heavy atom. The molecule has 0 amide bonds. The number of nitrogens with two attached hydrogens (primary N) is 1. The molecule has 0 fully saturated rings. The number of carbonyl (C=O) groups is 1. The average molecular weight is 612 g/mol. The van der Waals surface area contributed by atoms with Gasteiger partial charge in [0.15, 0.2) is 0 Å². The number of rotatable bonds is 36. The fourth-order valence-corrected chi connectivity index (χ4v) is 5.75. The molecule has 0 radical (unpaired) electrons. The molecule has 0 aliphatic carbocycles. The number of unbranched alkanes of at least 4 members (excludes halogenated alkanes) is 23. The maximum absolute atomic E-state index is 12.2. The maximum atomic E-state index is 12.2. The highest BCUT2D eigenvalue weighted by Gasteiger charge is 2.01. The van der Waals surface area contributed by atoms with E-state index >= 15 is 0 Å². The normalized spacial score (nSPS) is 12.2. The third-order valence-corrected chi connectivity index (χ3v) is 8.69. The summed E-state index contributed by atoms with van der Waals surface area (Å²) >= 11 is 0. The van der Waals surface area contributed by atoms with E-state index in [-0.39, 0.29) is 0 Å². The SMILES string of the molecule is CCCCC/C=C\C/C=C\C/C=C\C/C=C\CCCC(=O)CCCCCCCCCCCCCCCCCCCCCCN. The summed E-state index contributed by atoms with van der Waals surface area (Å²) in [4.78, 5) is 12.2. The third kappa shape index (κ3) is 38.6. The first-order chi connectivity index (χ1) is 21.8. The number of Topliss-reactive ketones (excluding diaryl/α,β-unsaturated/α-hetero) is 1. The summed E-state index contributed by atoms with van der Waals surface area (Å²) < 4.78 is 0. The first-order valence-corrected chi connectivity index (χ1v) is 19.6. The summed E-state index contributed by atoms with van der Waals surface area (Å²) in [6.07, 6.45) is 57.4. The van der Waals surface area contributed by atoms with Crippen LogP contribution in [-0.4, -0.2) is 12.3 Å². The Morgan fingerprint density at radius 3 is 1.09 bits per heavy atom. The standard InChI is InChI=1S/C42H77NO/c1-2-3-4-5-6-7-8-9-10-15-18-21-24-27-30-33-36-39-42(44)40-37-34-31-28-25-22-19-16-13-11-12-14-17-20-23-26-29-32-35-38-41-43/h6-7,9-10,18,21,27,30H,2-5,8,11-17,19-20,22-26,28-29,31-41,43H2,1H3/b7-6-,10-9-,21-18-,30-27-. The second kappa shape index (κ2) is 39.6. The van der Waals surface area contributed by atoms with E-state index < -0.39 is 0 Å². The minimum absolute atomic E-state index is 0.468. The number of hydrogen-bond acceptors (Lipinski definition) is 2. The van der Waals surface area contributed by atoms with Crippen molar-refractivity contribution in [1.29, 1.82) is 0 Å². The zero-order chi connectivity index (χ0) is 31.9. The first-order valence-electron chi connectivity index (χ1n) is 19.6. The van der Waals surface area contributed by atoms with Crippen molar-refractivity contribution in [1.82, 2.24) is 0 Å². The van der Waals surface area contributed by atoms with Crippen molar-refractivity contribution in [3.8, 4) is 0 Å². The summed E-state index contributed by atoms with van der Waals surface area (Å²) in [5.74, 6) is 0.468. The van der Waals surface area contributed by atoms with Gasteiger partial charge in [0, 0.05) is 12.8 Å². The average Bonchev–Trinajstić information content (AvgIpc) is 3.03. The summed E-state index contributed by atoms with van der Waals surface area (Å²) in [7, 11) is 0. The molecule has 2 heteroatoms. The Balaban J connectivity index is 3.30. The van der Waals surface area contributed by atoms with Crippen molar-refractivity contribution in [2.75, 3.05) is 6.54 Å². The van der Waals surface area contributed by atoms with E-state index in [1.165, 1.54) is 148 Å². The molecule has 0 aliphatic rings. The van der Waals surface area contributed by atoms with Gasteiger partial charge in [0.05, 0.1) is 0 Å². The fourth-order valence-electron chi connectivity index (χ4n) is 5.75. The lowest BCUT2D eigenvalue weighted by atomic mass is 10.0. The molecule has 0 bridgehead atoms. The van der Waals surface area contributed by atoms with Crippen molar-refractivity contribution in [3.63, 3.8) is 0 Å². The van der Waals surface area contributed by atoms with Gasteiger partial charge in [-0.1, -0.05) is 184 Å². The maximum Gasteiger partial charge on any atom is 0.132 e. The molecule has 0 aliphatic heterocycles. The van der Waals surface area contributed by atoms with Gasteiger partial charge in [-0.25, -0.2) is 0 Å². The van der Waals surface area contributed by atoms with Gasteiger partial charge >= 0.3 is 0 Å². The molecule has 0 aromatic heterocycles. The molecule has 0 aromatic rings. The zero-order valence-corrected chi connectivity index (χ0v) is 29.7. The number of ketones is 1. The predicted molar refractivity (Wildman–Crippen MR) is 199 cm³/mol. The molecule has 2 nitrogen and oxygen atoms in total. The summed E-state index contributed by atoms with van der Waals surface area (Å²) in [6.45, 7) is 3.11. The molecule has 0 spiro atoms. The van der Waals surface area contributed by atoms with Crippen LogP contribution in [0.4, 0.5) is 0 Å². The van der Waals surface area contributed by atoms with Crippen LogP contribution in [-0.2, 0) is 4.79 Å². The number of carbonyl (C=O) groups excluding carboxylic acids is 1. The van der Waals surface area contributed by atoms with E-state index in [1.54, 1.807) is 0 Å². The Hall–Kier alpha value is -1.41. The molecule has 256 valence electrons. The second-order valence-corrected chi connectivity index (χ2v) is 13.1. The Bertz CT molecular complexity index is 673. The summed E-state index contributed by atoms with van der Waals surface area (Å²) in [5.41, 5.74) is 5.55. The van der Waals surface area contributed by atoms with Gasteiger partial charge in [0.25, 0.3) is 0 Å². The summed E-state index contributed by atoms with van der Waals surface area (Å²) in [5, 5.41) is 0. The molecule has 2 N–H and O–H groups in total. The molecule has 0 aromatic carbocycles. The topological polar surface area (TPSA) is 43.1 Å². The van der Waals surface area contributed by atoms with Crippen LogP contribution < -0.4 is 5.73 Å². The monoisotopic (exact) mass is 612 g/mol. The Labute approximate surface area is 276 Å². The highest BCUT2D eigenvalue weighted by molar-refractivity contribution is 5.78. The fraction of sp³-hybridized carbons (Fsp3) is 0.786. The molecule has 44 heavy (non-hydrogen) atoms. The lowest BCUT2D eigenvalue weighted by Crippen LogP contribution is -1.97. The molecular weight excluding hydrogens is 534 g/mol. The van der Waals surface area contributed by atoms with E-state index in [0.29, 0.717) is 5.78 Å². The van der Waals surface area contributed by atoms with E-state index in [1.807, 2.05) is 0 Å². The van der Waals surface area contributed by atoms with E-state index in [9.17, 15) is 4.79 Å². The van der Waals surface area contributed by atoms with Crippen LogP contribution >= 0.6 is 0 Å². The molecule has 0 saturated carbocycles. The smallest absolute Gasteiger partial charge is 0.132 e. The highest BCUT2D eigenvalue weighted by atomic mass is 16.1. The molecule has 0 atom stereocenters. The van der Waals surface area contributed by atoms with Crippen LogP contribution in [0.3, 0.4) is 0 Å². The van der Waals surface area contributed by atoms with Gasteiger partial charge in [0.2, 0.25) is 0 Å². The van der Waals surface area contributed by atoms with Crippen molar-refractivity contribution >= 4 is 5.78 Å². The highest BCUT2D eigenvalue weighted by Crippen LogP contribution is 2.15. The lowest BCUT2D eigenvalue weighted by molar-refractivity contribution is -0.119. The van der Waals surface area contributed by atoms with Gasteiger partial charge in [-0.15, -0.1) is 0 Å². The van der Waals surface area contributed by atoms with Crippen LogP contribution in [0.5, 0.6) is 0 Å². The van der Waals surface area contributed by atoms with Gasteiger partial charge in [-0.2, -0.15) is 0 Å². The van der Waals surface area contributed by atoms with Crippen LogP contribution in [0.25, 0.3) is 0 Å². The van der Waals surface area contributed by atoms with Crippen LogP contribution in [0.15, 0.2) is 48.6 Å². The number of allylic oxidation sites excluding steroid dienone is 8. The first kappa shape index (κ1) is 42.6. The van der Waals surface area contributed by atoms with Crippen molar-refractivity contribution in [3.05, 3.63) is 48.6 Å². The van der Waals surface area contributed by atoms with Crippen molar-refractivity contribution < 1.29 is 4.79 Å². The number of hydrogen-bond donors (Lipinski definition) is 1. The third-order valence-electron chi connectivity index (χ3n) is 8.69. The minimum atomic E-state index is 0.468. The van der Waals surface area contributed by atoms with E-state index in [4.69, 9.17) is 5.73 Å². The Kier molecular flexibility index (Phi) is 38.3. The quantitative estimate of drug-likeness (QED) is 0.0565. The van der Waals surface area contributed by atoms with E-state index in [2.05, 4.69) is 55.5 Å². The van der Waals surface area contributed by atoms with E-state index in [0.717, 1.165) is 57.9 Å². The molecule has 0 unspecified atom stereocenters. The Morgan fingerprint density at radius 1 is 0.386 bits per heavy atom. The van der Waals surface area contributed by atoms with Crippen LogP contribution in [0.1, 0.15) is 206 Å². The van der Waals surface area contributed by atoms with Gasteiger partial charge in [0.1, 0.15) is 5.78 Å². The predicted octanol–water partition coefficient (Wildman–Crippen LogP) is 13.9. The second-order valence-electron chi connectivity index (χ2n) is 13.1. The minimum Gasteiger partial charge on any atom is -0.330 e. The lowest BCUT2D eigenvalue weighted by Gasteiger charge is -2.04. The van der Waals surface area contributed by atoms with Gasteiger partial charge in [-0.05, 0) is 64.3 Å². The van der Waals surface area contributed by atoms with Gasteiger partial charge in [-0.3, -0.25) is 4.79 Å². The molecular formula is C42H77NO.